The summed E-state index contributed by atoms with van der Waals surface area (Å²) in [7, 11) is 0. The predicted octanol–water partition coefficient (Wildman–Crippen LogP) is 3.41. The van der Waals surface area contributed by atoms with E-state index in [-0.39, 0.29) is 18.2 Å². The quantitative estimate of drug-likeness (QED) is 0.861. The summed E-state index contributed by atoms with van der Waals surface area (Å²) < 4.78 is 50.5. The number of halogens is 3. The number of nitrogens with one attached hydrogen (secondary N) is 1. The molecule has 1 saturated heterocycles. The van der Waals surface area contributed by atoms with Gasteiger partial charge in [-0.1, -0.05) is 12.1 Å². The van der Waals surface area contributed by atoms with Crippen molar-refractivity contribution < 1.29 is 27.1 Å². The molecule has 1 atom stereocenters. The summed E-state index contributed by atoms with van der Waals surface area (Å²) in [6.07, 6.45) is -4.59. The third-order valence-corrected chi connectivity index (χ3v) is 4.51. The fourth-order valence-electron chi connectivity index (χ4n) is 3.14. The van der Waals surface area contributed by atoms with Crippen molar-refractivity contribution in [2.24, 2.45) is 0 Å². The van der Waals surface area contributed by atoms with Crippen molar-refractivity contribution in [2.45, 2.75) is 19.1 Å². The third-order valence-electron chi connectivity index (χ3n) is 4.51. The van der Waals surface area contributed by atoms with Crippen molar-refractivity contribution in [1.29, 1.82) is 0 Å². The molecule has 1 fully saturated rings. The Kier molecular flexibility index (Phi) is 5.86. The van der Waals surface area contributed by atoms with Gasteiger partial charge < -0.3 is 14.5 Å². The van der Waals surface area contributed by atoms with Crippen LogP contribution in [0.25, 0.3) is 0 Å². The number of hydrogen-bond acceptors (Lipinski definition) is 4. The van der Waals surface area contributed by atoms with Gasteiger partial charge in [0.1, 0.15) is 11.5 Å². The van der Waals surface area contributed by atoms with Crippen molar-refractivity contribution in [3.63, 3.8) is 0 Å². The molecule has 27 heavy (non-hydrogen) atoms. The summed E-state index contributed by atoms with van der Waals surface area (Å²) in [4.78, 5) is 14.5. The van der Waals surface area contributed by atoms with Crippen LogP contribution in [0.3, 0.4) is 0 Å². The van der Waals surface area contributed by atoms with E-state index in [4.69, 9.17) is 9.15 Å². The van der Waals surface area contributed by atoms with E-state index in [1.54, 1.807) is 0 Å². The molecule has 2 heterocycles. The summed E-state index contributed by atoms with van der Waals surface area (Å²) in [6, 6.07) is 8.14. The zero-order chi connectivity index (χ0) is 19.4. The molecule has 1 unspecified atom stereocenters. The topological polar surface area (TPSA) is 54.7 Å². The molecular weight excluding hydrogens is 361 g/mol. The number of amides is 1. The molecule has 1 aromatic carbocycles. The Morgan fingerprint density at radius 2 is 1.89 bits per heavy atom. The lowest BCUT2D eigenvalue weighted by molar-refractivity contribution is -0.137. The van der Waals surface area contributed by atoms with Gasteiger partial charge in [0.15, 0.2) is 0 Å². The van der Waals surface area contributed by atoms with Gasteiger partial charge in [0.25, 0.3) is 5.91 Å². The van der Waals surface area contributed by atoms with E-state index in [2.05, 4.69) is 10.2 Å². The number of ether oxygens (including phenoxy) is 1. The van der Waals surface area contributed by atoms with Gasteiger partial charge >= 0.3 is 6.18 Å². The number of furan rings is 1. The Labute approximate surface area is 155 Å². The first-order valence-electron chi connectivity index (χ1n) is 8.69. The molecule has 0 radical (unpaired) electrons. The predicted molar refractivity (Wildman–Crippen MR) is 92.4 cm³/mol. The lowest BCUT2D eigenvalue weighted by Gasteiger charge is -2.33. The fourth-order valence-corrected chi connectivity index (χ4v) is 3.14. The van der Waals surface area contributed by atoms with Gasteiger partial charge in [0.05, 0.1) is 30.4 Å². The summed E-state index contributed by atoms with van der Waals surface area (Å²) in [5.74, 6) is 0.639. The summed E-state index contributed by atoms with van der Waals surface area (Å²) >= 11 is 0. The van der Waals surface area contributed by atoms with Crippen LogP contribution in [0.4, 0.5) is 13.2 Å². The number of rotatable bonds is 5. The van der Waals surface area contributed by atoms with E-state index in [1.807, 2.05) is 19.1 Å². The first-order valence-corrected chi connectivity index (χ1v) is 8.69. The number of hydrogen-bond donors (Lipinski definition) is 1. The van der Waals surface area contributed by atoms with Crippen LogP contribution in [0.1, 0.15) is 33.5 Å². The van der Waals surface area contributed by atoms with Crippen LogP contribution >= 0.6 is 0 Å². The van der Waals surface area contributed by atoms with Crippen molar-refractivity contribution in [3.8, 4) is 0 Å². The molecule has 0 bridgehead atoms. The molecular formula is C19H21F3N2O3. The lowest BCUT2D eigenvalue weighted by Crippen LogP contribution is -2.43. The zero-order valence-corrected chi connectivity index (χ0v) is 14.9. The maximum absolute atomic E-state index is 13.1. The molecule has 1 N–H and O–H groups in total. The van der Waals surface area contributed by atoms with Gasteiger partial charge in [0.2, 0.25) is 0 Å². The monoisotopic (exact) mass is 382 g/mol. The van der Waals surface area contributed by atoms with Crippen LogP contribution in [0.2, 0.25) is 0 Å². The van der Waals surface area contributed by atoms with E-state index < -0.39 is 17.6 Å². The molecule has 146 valence electrons. The minimum atomic E-state index is -4.59. The van der Waals surface area contributed by atoms with Crippen molar-refractivity contribution in [1.82, 2.24) is 10.2 Å². The van der Waals surface area contributed by atoms with Crippen LogP contribution in [-0.2, 0) is 10.9 Å². The molecule has 2 aromatic rings. The maximum atomic E-state index is 13.1. The number of aryl methyl sites for hydroxylation is 1. The lowest BCUT2D eigenvalue weighted by atomic mass is 10.1. The number of alkyl halides is 3. The first-order chi connectivity index (χ1) is 12.9. The minimum absolute atomic E-state index is 0.137. The van der Waals surface area contributed by atoms with Crippen LogP contribution < -0.4 is 5.32 Å². The molecule has 3 rings (SSSR count). The average molecular weight is 382 g/mol. The number of carbonyl (C=O) groups excluding carboxylic acids is 1. The second-order valence-electron chi connectivity index (χ2n) is 6.37. The van der Waals surface area contributed by atoms with E-state index in [0.717, 1.165) is 11.8 Å². The molecule has 0 aliphatic carbocycles. The van der Waals surface area contributed by atoms with Gasteiger partial charge in [-0.2, -0.15) is 13.2 Å². The largest absolute Gasteiger partial charge is 0.465 e. The zero-order valence-electron chi connectivity index (χ0n) is 14.9. The van der Waals surface area contributed by atoms with Gasteiger partial charge in [-0.25, -0.2) is 0 Å². The number of carbonyl (C=O) groups is 1. The first kappa shape index (κ1) is 19.4. The number of morpholine rings is 1. The van der Waals surface area contributed by atoms with Gasteiger partial charge in [-0.3, -0.25) is 9.69 Å². The van der Waals surface area contributed by atoms with Crippen molar-refractivity contribution in [3.05, 3.63) is 59.0 Å². The summed E-state index contributed by atoms with van der Waals surface area (Å²) in [5.41, 5.74) is -1.33. The minimum Gasteiger partial charge on any atom is -0.465 e. The Balaban J connectivity index is 1.76. The molecule has 5 nitrogen and oxygen atoms in total. The van der Waals surface area contributed by atoms with Gasteiger partial charge in [0, 0.05) is 19.6 Å². The summed E-state index contributed by atoms with van der Waals surface area (Å²) in [6.45, 7) is 4.37. The van der Waals surface area contributed by atoms with Crippen molar-refractivity contribution >= 4 is 5.91 Å². The molecule has 1 aliphatic rings. The maximum Gasteiger partial charge on any atom is 0.417 e. The fraction of sp³-hybridized carbons (Fsp3) is 0.421. The van der Waals surface area contributed by atoms with Gasteiger partial charge in [-0.15, -0.1) is 0 Å². The van der Waals surface area contributed by atoms with E-state index in [0.29, 0.717) is 32.1 Å². The average Bonchev–Trinajstić information content (AvgIpc) is 3.08. The second kappa shape index (κ2) is 8.14. The molecule has 8 heteroatoms. The standard InChI is InChI=1S/C19H21F3N2O3/c1-13-6-7-17(27-13)16(24-8-10-26-11-9-24)12-23-18(25)14-4-2-3-5-15(14)19(20,21)22/h2-7,16H,8-12H2,1H3,(H,23,25). The van der Waals surface area contributed by atoms with E-state index in [9.17, 15) is 18.0 Å². The van der Waals surface area contributed by atoms with E-state index in [1.165, 1.54) is 18.2 Å². The Hall–Kier alpha value is -2.32. The van der Waals surface area contributed by atoms with Crippen LogP contribution in [0, 0.1) is 6.92 Å². The molecule has 0 spiro atoms. The number of benzene rings is 1. The van der Waals surface area contributed by atoms with E-state index >= 15 is 0 Å². The van der Waals surface area contributed by atoms with Crippen molar-refractivity contribution in [2.75, 3.05) is 32.8 Å². The Morgan fingerprint density at radius 1 is 1.19 bits per heavy atom. The highest BCUT2D eigenvalue weighted by Gasteiger charge is 2.35. The highest BCUT2D eigenvalue weighted by Crippen LogP contribution is 2.32. The van der Waals surface area contributed by atoms with Crippen LogP contribution in [0.15, 0.2) is 40.8 Å². The Bertz CT molecular complexity index is 783. The number of nitrogens with zero attached hydrogens (tertiary/aromatic N) is 1. The normalized spacial score (nSPS) is 16.9. The smallest absolute Gasteiger partial charge is 0.417 e. The highest BCUT2D eigenvalue weighted by atomic mass is 19.4. The third kappa shape index (κ3) is 4.70. The second-order valence-corrected chi connectivity index (χ2v) is 6.37. The summed E-state index contributed by atoms with van der Waals surface area (Å²) in [5, 5.41) is 2.64. The molecule has 0 saturated carbocycles. The highest BCUT2D eigenvalue weighted by molar-refractivity contribution is 5.95. The Morgan fingerprint density at radius 3 is 2.52 bits per heavy atom. The molecule has 1 aliphatic heterocycles. The van der Waals surface area contributed by atoms with Gasteiger partial charge in [-0.05, 0) is 31.2 Å². The SMILES string of the molecule is Cc1ccc(C(CNC(=O)c2ccccc2C(F)(F)F)N2CCOCC2)o1. The van der Waals surface area contributed by atoms with Crippen LogP contribution in [-0.4, -0.2) is 43.7 Å². The molecule has 1 amide bonds. The molecule has 1 aromatic heterocycles. The van der Waals surface area contributed by atoms with Crippen LogP contribution in [0.5, 0.6) is 0 Å².